The molecule has 0 spiro atoms. The molecule has 0 aromatic carbocycles. The van der Waals surface area contributed by atoms with Crippen LogP contribution in [0, 0.1) is 11.8 Å². The second kappa shape index (κ2) is 5.20. The van der Waals surface area contributed by atoms with Crippen molar-refractivity contribution in [2.45, 2.75) is 25.9 Å². The van der Waals surface area contributed by atoms with Gasteiger partial charge in [0, 0.05) is 17.2 Å². The molecule has 3 N–H and O–H groups in total. The fourth-order valence-electron chi connectivity index (χ4n) is 2.72. The third-order valence-corrected chi connectivity index (χ3v) is 3.72. The normalized spacial score (nSPS) is 32.3. The number of aliphatic hydroxyl groups excluding tert-OH is 1. The van der Waals surface area contributed by atoms with Gasteiger partial charge in [0.1, 0.15) is 11.9 Å². The zero-order chi connectivity index (χ0) is 13.3. The van der Waals surface area contributed by atoms with Gasteiger partial charge < -0.3 is 15.6 Å². The largest absolute Gasteiger partial charge is 0.398 e. The summed E-state index contributed by atoms with van der Waals surface area (Å²) in [6.45, 7) is 1.78. The number of allylic oxidation sites excluding steroid dienone is 2. The first-order valence-corrected chi connectivity index (χ1v) is 6.19. The Kier molecular flexibility index (Phi) is 3.82. The van der Waals surface area contributed by atoms with Crippen molar-refractivity contribution in [1.29, 1.82) is 0 Å². The van der Waals surface area contributed by atoms with Crippen LogP contribution in [0.2, 0.25) is 0 Å². The molecule has 0 amide bonds. The van der Waals surface area contributed by atoms with Gasteiger partial charge in [-0.15, -0.1) is 0 Å². The summed E-state index contributed by atoms with van der Waals surface area (Å²) in [6.07, 6.45) is 1.92. The average Bonchev–Trinajstić information content (AvgIpc) is 2.34. The first-order chi connectivity index (χ1) is 8.56. The summed E-state index contributed by atoms with van der Waals surface area (Å²) in [7, 11) is 0. The molecule has 0 saturated heterocycles. The first-order valence-electron chi connectivity index (χ1n) is 6.19. The highest BCUT2D eigenvalue weighted by molar-refractivity contribution is 6.01. The molecule has 2 aliphatic rings. The molecule has 0 aromatic rings. The number of ether oxygens (including phenoxy) is 1. The van der Waals surface area contributed by atoms with Gasteiger partial charge in [0.25, 0.3) is 0 Å². The van der Waals surface area contributed by atoms with Crippen molar-refractivity contribution in [2.75, 3.05) is 13.2 Å². The number of Topliss-reactive ketones (excluding diaryl/α,β-unsaturated/α-hetero) is 1. The molecule has 0 aromatic heterocycles. The van der Waals surface area contributed by atoms with E-state index < -0.39 is 6.10 Å². The van der Waals surface area contributed by atoms with Gasteiger partial charge in [0.15, 0.2) is 5.78 Å². The fourth-order valence-corrected chi connectivity index (χ4v) is 2.72. The second-order valence-corrected chi connectivity index (χ2v) is 4.82. The van der Waals surface area contributed by atoms with E-state index >= 15 is 0 Å². The number of hydrogen-bond acceptors (Lipinski definition) is 4. The van der Waals surface area contributed by atoms with Gasteiger partial charge in [-0.05, 0) is 24.8 Å². The highest BCUT2D eigenvalue weighted by Crippen LogP contribution is 2.41. The molecule has 3 unspecified atom stereocenters. The van der Waals surface area contributed by atoms with Gasteiger partial charge in [0.2, 0.25) is 0 Å². The van der Waals surface area contributed by atoms with Crippen LogP contribution in [0.4, 0.5) is 4.39 Å². The molecule has 3 atom stereocenters. The molecular weight excluding hydrogens is 237 g/mol. The number of carbonyl (C=O) groups excluding carboxylic acids is 1. The summed E-state index contributed by atoms with van der Waals surface area (Å²) in [5.41, 5.74) is 6.48. The van der Waals surface area contributed by atoms with Crippen molar-refractivity contribution in [3.63, 3.8) is 0 Å². The number of fused-ring (bicyclic) bond motifs is 1. The predicted octanol–water partition coefficient (Wildman–Crippen LogP) is 1.06. The summed E-state index contributed by atoms with van der Waals surface area (Å²) in [4.78, 5) is 12.2. The average molecular weight is 255 g/mol. The molecule has 1 fully saturated rings. The Balaban J connectivity index is 2.24. The Morgan fingerprint density at radius 1 is 1.56 bits per heavy atom. The number of carbonyl (C=O) groups is 1. The Morgan fingerprint density at radius 2 is 2.28 bits per heavy atom. The molecule has 100 valence electrons. The van der Waals surface area contributed by atoms with Crippen LogP contribution in [0.3, 0.4) is 0 Å². The molecule has 2 aliphatic carbocycles. The zero-order valence-corrected chi connectivity index (χ0v) is 10.4. The number of ketones is 1. The number of halogens is 1. The SMILES string of the molecule is CC1C(F)=CC(N)=C2C(=O)C(OCCO)CCC21. The third kappa shape index (κ3) is 2.20. The maximum Gasteiger partial charge on any atom is 0.189 e. The van der Waals surface area contributed by atoms with Crippen molar-refractivity contribution in [3.05, 3.63) is 23.2 Å². The van der Waals surface area contributed by atoms with Crippen LogP contribution in [-0.4, -0.2) is 30.2 Å². The molecule has 4 nitrogen and oxygen atoms in total. The molecular formula is C13H18FNO3. The number of hydrogen-bond donors (Lipinski definition) is 2. The Labute approximate surface area is 105 Å². The van der Waals surface area contributed by atoms with E-state index in [-0.39, 0.29) is 42.4 Å². The molecule has 5 heteroatoms. The maximum atomic E-state index is 13.6. The van der Waals surface area contributed by atoms with Crippen molar-refractivity contribution >= 4 is 5.78 Å². The number of nitrogens with two attached hydrogens (primary N) is 1. The molecule has 0 bridgehead atoms. The van der Waals surface area contributed by atoms with Gasteiger partial charge in [-0.3, -0.25) is 4.79 Å². The molecule has 2 rings (SSSR count). The van der Waals surface area contributed by atoms with Crippen LogP contribution in [-0.2, 0) is 9.53 Å². The van der Waals surface area contributed by atoms with Gasteiger partial charge in [-0.25, -0.2) is 4.39 Å². The van der Waals surface area contributed by atoms with Crippen LogP contribution < -0.4 is 5.73 Å². The van der Waals surface area contributed by atoms with Crippen LogP contribution in [0.1, 0.15) is 19.8 Å². The highest BCUT2D eigenvalue weighted by Gasteiger charge is 2.40. The fraction of sp³-hybridized carbons (Fsp3) is 0.615. The number of rotatable bonds is 3. The van der Waals surface area contributed by atoms with E-state index in [2.05, 4.69) is 0 Å². The van der Waals surface area contributed by atoms with Crippen molar-refractivity contribution < 1.29 is 19.0 Å². The molecule has 18 heavy (non-hydrogen) atoms. The summed E-state index contributed by atoms with van der Waals surface area (Å²) in [5, 5.41) is 8.71. The monoisotopic (exact) mass is 255 g/mol. The smallest absolute Gasteiger partial charge is 0.189 e. The first kappa shape index (κ1) is 13.2. The molecule has 0 radical (unpaired) electrons. The minimum Gasteiger partial charge on any atom is -0.398 e. The van der Waals surface area contributed by atoms with Gasteiger partial charge in [0.05, 0.1) is 13.2 Å². The van der Waals surface area contributed by atoms with Crippen molar-refractivity contribution in [1.82, 2.24) is 0 Å². The minimum absolute atomic E-state index is 0.118. The molecule has 0 aliphatic heterocycles. The van der Waals surface area contributed by atoms with E-state index in [0.29, 0.717) is 18.4 Å². The zero-order valence-electron chi connectivity index (χ0n) is 10.4. The van der Waals surface area contributed by atoms with Gasteiger partial charge in [-0.2, -0.15) is 0 Å². The molecule has 0 heterocycles. The van der Waals surface area contributed by atoms with Crippen LogP contribution >= 0.6 is 0 Å². The highest BCUT2D eigenvalue weighted by atomic mass is 19.1. The lowest BCUT2D eigenvalue weighted by Gasteiger charge is -2.35. The van der Waals surface area contributed by atoms with E-state index in [1.54, 1.807) is 6.92 Å². The van der Waals surface area contributed by atoms with Gasteiger partial charge in [-0.1, -0.05) is 6.92 Å². The summed E-state index contributed by atoms with van der Waals surface area (Å²) >= 11 is 0. The van der Waals surface area contributed by atoms with Crippen molar-refractivity contribution in [3.8, 4) is 0 Å². The third-order valence-electron chi connectivity index (χ3n) is 3.72. The standard InChI is InChI=1S/C13H18FNO3/c1-7-8-2-3-11(18-5-4-16)13(17)12(8)10(15)6-9(7)14/h6-8,11,16H,2-5,15H2,1H3. The summed E-state index contributed by atoms with van der Waals surface area (Å²) in [5.74, 6) is -0.858. The maximum absolute atomic E-state index is 13.6. The van der Waals surface area contributed by atoms with E-state index in [1.165, 1.54) is 6.08 Å². The van der Waals surface area contributed by atoms with Crippen LogP contribution in [0.5, 0.6) is 0 Å². The molecule has 1 saturated carbocycles. The topological polar surface area (TPSA) is 72.6 Å². The van der Waals surface area contributed by atoms with E-state index in [1.807, 2.05) is 0 Å². The summed E-state index contributed by atoms with van der Waals surface area (Å²) in [6, 6.07) is 0. The number of aliphatic hydroxyl groups is 1. The van der Waals surface area contributed by atoms with E-state index in [9.17, 15) is 9.18 Å². The van der Waals surface area contributed by atoms with Crippen LogP contribution in [0.25, 0.3) is 0 Å². The Morgan fingerprint density at radius 3 is 2.94 bits per heavy atom. The minimum atomic E-state index is -0.552. The van der Waals surface area contributed by atoms with Crippen molar-refractivity contribution in [2.24, 2.45) is 17.6 Å². The van der Waals surface area contributed by atoms with E-state index in [4.69, 9.17) is 15.6 Å². The Bertz CT molecular complexity index is 416. The lowest BCUT2D eigenvalue weighted by molar-refractivity contribution is -0.130. The lowest BCUT2D eigenvalue weighted by Crippen LogP contribution is -2.39. The van der Waals surface area contributed by atoms with E-state index in [0.717, 1.165) is 0 Å². The predicted molar refractivity (Wildman–Crippen MR) is 64.1 cm³/mol. The Hall–Kier alpha value is -1.20. The summed E-state index contributed by atoms with van der Waals surface area (Å²) < 4.78 is 18.9. The second-order valence-electron chi connectivity index (χ2n) is 4.82. The van der Waals surface area contributed by atoms with Crippen LogP contribution in [0.15, 0.2) is 23.2 Å². The lowest BCUT2D eigenvalue weighted by atomic mass is 9.71. The quantitative estimate of drug-likeness (QED) is 0.791. The van der Waals surface area contributed by atoms with Gasteiger partial charge >= 0.3 is 0 Å².